The average Bonchev–Trinajstić information content (AvgIpc) is 3.30. The van der Waals surface area contributed by atoms with E-state index in [1.807, 2.05) is 0 Å². The summed E-state index contributed by atoms with van der Waals surface area (Å²) in [6, 6.07) is -3.61. The molecule has 18 heteroatoms. The van der Waals surface area contributed by atoms with Crippen LogP contribution in [0.5, 0.6) is 0 Å². The molecule has 0 bridgehead atoms. The van der Waals surface area contributed by atoms with E-state index in [4.69, 9.17) is 16.3 Å². The number of carboxylic acids is 1. The first-order valence-corrected chi connectivity index (χ1v) is 12.3. The Morgan fingerprint density at radius 1 is 1.37 bits per heavy atom. The Morgan fingerprint density at radius 2 is 2.03 bits per heavy atom. The maximum Gasteiger partial charge on any atom is 0.362 e. The van der Waals surface area contributed by atoms with Crippen LogP contribution >= 0.6 is 11.3 Å². The fraction of sp³-hybridized carbons (Fsp3) is 0.529. The maximum absolute atomic E-state index is 13.0. The van der Waals surface area contributed by atoms with Gasteiger partial charge in [0.25, 0.3) is 11.8 Å². The molecule has 192 valence electrons. The topological polar surface area (TPSA) is 248 Å². The third-order valence-corrected chi connectivity index (χ3v) is 6.93. The number of carbonyl (C=O) groups excluding carboxylic acids is 3. The largest absolute Gasteiger partial charge is 0.478 e. The molecule has 3 amide bonds. The number of likely N-dealkylation sites (tertiary alicyclic amines) is 1. The van der Waals surface area contributed by atoms with Gasteiger partial charge in [0.05, 0.1) is 12.1 Å². The summed E-state index contributed by atoms with van der Waals surface area (Å²) in [5.74, 6) is -4.09. The van der Waals surface area contributed by atoms with Crippen molar-refractivity contribution in [2.75, 3.05) is 18.8 Å². The van der Waals surface area contributed by atoms with Gasteiger partial charge in [-0.15, -0.1) is 11.3 Å². The van der Waals surface area contributed by atoms with Crippen LogP contribution in [-0.2, 0) is 34.3 Å². The molecule has 1 aromatic rings. The molecule has 35 heavy (non-hydrogen) atoms. The van der Waals surface area contributed by atoms with E-state index in [2.05, 4.69) is 15.5 Å². The molecule has 7 N–H and O–H groups in total. The van der Waals surface area contributed by atoms with Crippen LogP contribution in [0.15, 0.2) is 10.5 Å². The van der Waals surface area contributed by atoms with Gasteiger partial charge in [-0.2, -0.15) is 8.42 Å². The standard InChI is InChI=1S/C17H23N7O9S2/c1-17(2,15(28)29)33-22-10(8-6-34-16(19)20-8)12(25)21-11-9(24(14(11)27)35(30,31)32)5-23-4-3-7(18)13(23)26/h6-7,9,11H,3-5,18H2,1-2H3,(H2,19,20)(H,21,25)(H,28,29)(H,30,31,32). The van der Waals surface area contributed by atoms with Crippen molar-refractivity contribution >= 4 is 56.2 Å². The molecule has 3 unspecified atom stereocenters. The van der Waals surface area contributed by atoms with Crippen LogP contribution < -0.4 is 16.8 Å². The van der Waals surface area contributed by atoms with E-state index in [9.17, 15) is 37.3 Å². The molecule has 2 aliphatic rings. The highest BCUT2D eigenvalue weighted by atomic mass is 32.2. The number of nitrogens with two attached hydrogens (primary N) is 2. The lowest BCUT2D eigenvalue weighted by molar-refractivity contribution is -0.161. The molecule has 3 heterocycles. The first-order valence-electron chi connectivity index (χ1n) is 10.0. The smallest absolute Gasteiger partial charge is 0.362 e. The lowest BCUT2D eigenvalue weighted by atomic mass is 9.97. The molecule has 2 fully saturated rings. The normalized spacial score (nSPS) is 23.3. The van der Waals surface area contributed by atoms with Crippen LogP contribution in [0.25, 0.3) is 0 Å². The zero-order valence-electron chi connectivity index (χ0n) is 18.4. The maximum atomic E-state index is 13.0. The van der Waals surface area contributed by atoms with Gasteiger partial charge in [0.15, 0.2) is 10.8 Å². The Balaban J connectivity index is 1.87. The summed E-state index contributed by atoms with van der Waals surface area (Å²) < 4.78 is 33.0. The Hall–Kier alpha value is -3.35. The van der Waals surface area contributed by atoms with Gasteiger partial charge in [-0.05, 0) is 20.3 Å². The molecular formula is C17H23N7O9S2. The number of aliphatic carboxylic acids is 1. The van der Waals surface area contributed by atoms with E-state index in [0.29, 0.717) is 6.42 Å². The lowest BCUT2D eigenvalue weighted by Gasteiger charge is -2.45. The molecule has 2 aliphatic heterocycles. The minimum Gasteiger partial charge on any atom is -0.478 e. The summed E-state index contributed by atoms with van der Waals surface area (Å²) in [6.07, 6.45) is 0.307. The Bertz CT molecular complexity index is 1200. The number of hydrogen-bond donors (Lipinski definition) is 5. The van der Waals surface area contributed by atoms with Crippen molar-refractivity contribution in [2.24, 2.45) is 10.9 Å². The van der Waals surface area contributed by atoms with E-state index in [1.54, 1.807) is 0 Å². The number of carboxylic acid groups (broad SMARTS) is 1. The van der Waals surface area contributed by atoms with Gasteiger partial charge in [-0.3, -0.25) is 18.9 Å². The molecule has 0 radical (unpaired) electrons. The number of nitrogen functional groups attached to an aromatic ring is 1. The number of aromatic nitrogens is 1. The SMILES string of the molecule is CC(C)(ON=C(C(=O)NC1C(=O)N(S(=O)(=O)O)C1CN1CCC(N)C1=O)c1csc(N)n1)C(=O)O. The highest BCUT2D eigenvalue weighted by Gasteiger charge is 2.55. The number of β-lactam (4-membered cyclic amide) rings is 1. The van der Waals surface area contributed by atoms with Crippen LogP contribution in [0.1, 0.15) is 26.0 Å². The van der Waals surface area contributed by atoms with Gasteiger partial charge >= 0.3 is 16.3 Å². The van der Waals surface area contributed by atoms with Crippen molar-refractivity contribution in [3.8, 4) is 0 Å². The first kappa shape index (κ1) is 26.3. The molecule has 0 aliphatic carbocycles. The molecule has 2 saturated heterocycles. The van der Waals surface area contributed by atoms with E-state index < -0.39 is 63.4 Å². The predicted molar refractivity (Wildman–Crippen MR) is 119 cm³/mol. The molecule has 3 rings (SSSR count). The van der Waals surface area contributed by atoms with Crippen molar-refractivity contribution < 1.29 is 42.1 Å². The average molecular weight is 534 g/mol. The van der Waals surface area contributed by atoms with Gasteiger partial charge < -0.3 is 31.6 Å². The third-order valence-electron chi connectivity index (χ3n) is 5.31. The van der Waals surface area contributed by atoms with E-state index in [1.165, 1.54) is 24.1 Å². The minimum atomic E-state index is -5.00. The zero-order chi connectivity index (χ0) is 26.3. The monoisotopic (exact) mass is 533 g/mol. The molecule has 0 aromatic carbocycles. The number of rotatable bonds is 9. The second-order valence-corrected chi connectivity index (χ2v) is 10.4. The lowest BCUT2D eigenvalue weighted by Crippen LogP contribution is -2.74. The van der Waals surface area contributed by atoms with Crippen LogP contribution in [0.2, 0.25) is 0 Å². The van der Waals surface area contributed by atoms with E-state index in [-0.39, 0.29) is 28.2 Å². The molecule has 0 saturated carbocycles. The summed E-state index contributed by atoms with van der Waals surface area (Å²) in [5.41, 5.74) is 8.79. The van der Waals surface area contributed by atoms with E-state index in [0.717, 1.165) is 11.3 Å². The molecule has 0 spiro atoms. The van der Waals surface area contributed by atoms with Crippen LogP contribution in [0.4, 0.5) is 5.13 Å². The summed E-state index contributed by atoms with van der Waals surface area (Å²) in [5, 5.41) is 16.5. The molecular weight excluding hydrogens is 510 g/mol. The number of amides is 3. The van der Waals surface area contributed by atoms with Gasteiger partial charge in [0, 0.05) is 18.5 Å². The number of nitrogens with one attached hydrogen (secondary N) is 1. The quantitative estimate of drug-likeness (QED) is 0.0946. The van der Waals surface area contributed by atoms with Crippen LogP contribution in [-0.4, -0.2) is 98.5 Å². The van der Waals surface area contributed by atoms with E-state index >= 15 is 0 Å². The summed E-state index contributed by atoms with van der Waals surface area (Å²) in [6.45, 7) is 2.21. The van der Waals surface area contributed by atoms with Crippen LogP contribution in [0, 0.1) is 0 Å². The highest BCUT2D eigenvalue weighted by molar-refractivity contribution is 7.84. The molecule has 1 aromatic heterocycles. The van der Waals surface area contributed by atoms with Crippen molar-refractivity contribution in [3.63, 3.8) is 0 Å². The fourth-order valence-electron chi connectivity index (χ4n) is 3.32. The number of nitrogens with zero attached hydrogens (tertiary/aromatic N) is 4. The Labute approximate surface area is 202 Å². The zero-order valence-corrected chi connectivity index (χ0v) is 20.1. The predicted octanol–water partition coefficient (Wildman–Crippen LogP) is -2.63. The second kappa shape index (κ2) is 9.36. The van der Waals surface area contributed by atoms with Gasteiger partial charge in [-0.25, -0.2) is 14.1 Å². The van der Waals surface area contributed by atoms with Crippen molar-refractivity contribution in [3.05, 3.63) is 11.1 Å². The van der Waals surface area contributed by atoms with Gasteiger partial charge in [-0.1, -0.05) is 5.16 Å². The van der Waals surface area contributed by atoms with Crippen molar-refractivity contribution in [2.45, 2.75) is 44.0 Å². The fourth-order valence-corrected chi connectivity index (χ4v) is 4.74. The summed E-state index contributed by atoms with van der Waals surface area (Å²) in [4.78, 5) is 59.1. The minimum absolute atomic E-state index is 0.0528. The number of anilines is 1. The Kier molecular flexibility index (Phi) is 7.02. The number of hydrogen-bond acceptors (Lipinski definition) is 12. The highest BCUT2D eigenvalue weighted by Crippen LogP contribution is 2.26. The summed E-state index contributed by atoms with van der Waals surface area (Å²) in [7, 11) is -5.00. The number of oxime groups is 1. The van der Waals surface area contributed by atoms with Crippen molar-refractivity contribution in [1.82, 2.24) is 19.5 Å². The van der Waals surface area contributed by atoms with Crippen molar-refractivity contribution in [1.29, 1.82) is 0 Å². The second-order valence-electron chi connectivity index (χ2n) is 8.23. The third kappa shape index (κ3) is 5.34. The molecule has 3 atom stereocenters. The first-order chi connectivity index (χ1) is 16.1. The van der Waals surface area contributed by atoms with Gasteiger partial charge in [0.2, 0.25) is 11.5 Å². The van der Waals surface area contributed by atoms with Crippen LogP contribution in [0.3, 0.4) is 0 Å². The van der Waals surface area contributed by atoms with Gasteiger partial charge in [0.1, 0.15) is 11.7 Å². The molecule has 16 nitrogen and oxygen atoms in total. The number of thiazole rings is 1. The number of carbonyl (C=O) groups is 4. The Morgan fingerprint density at radius 3 is 2.51 bits per heavy atom. The summed E-state index contributed by atoms with van der Waals surface area (Å²) >= 11 is 0.945.